The molecule has 1 aliphatic heterocycles. The Hall–Kier alpha value is -3.03. The van der Waals surface area contributed by atoms with Gasteiger partial charge in [-0.25, -0.2) is 0 Å². The number of anilines is 1. The van der Waals surface area contributed by atoms with Crippen molar-refractivity contribution in [2.24, 2.45) is 0 Å². The number of aromatic nitrogens is 1. The molecule has 27 heavy (non-hydrogen) atoms. The topological polar surface area (TPSA) is 101 Å². The van der Waals surface area contributed by atoms with Crippen LogP contribution in [0.4, 0.5) is 5.69 Å². The molecule has 0 bridgehead atoms. The summed E-state index contributed by atoms with van der Waals surface area (Å²) in [5.74, 6) is -0.471. The molecular formula is C20H21N3O4. The summed E-state index contributed by atoms with van der Waals surface area (Å²) in [6, 6.07) is 11.9. The fraction of sp³-hybridized carbons (Fsp3) is 0.250. The van der Waals surface area contributed by atoms with Gasteiger partial charge in [-0.05, 0) is 24.3 Å². The van der Waals surface area contributed by atoms with E-state index in [1.54, 1.807) is 36.4 Å². The summed E-state index contributed by atoms with van der Waals surface area (Å²) in [7, 11) is 0. The second-order valence-electron chi connectivity index (χ2n) is 6.13. The van der Waals surface area contributed by atoms with Crippen LogP contribution < -0.4 is 10.6 Å². The second-order valence-corrected chi connectivity index (χ2v) is 6.13. The maximum absolute atomic E-state index is 12.3. The van der Waals surface area contributed by atoms with Crippen molar-refractivity contribution in [1.82, 2.24) is 10.3 Å². The molecule has 2 amide bonds. The third-order valence-corrected chi connectivity index (χ3v) is 4.15. The largest absolute Gasteiger partial charge is 0.394 e. The van der Waals surface area contributed by atoms with Crippen LogP contribution in [0, 0.1) is 0 Å². The number of para-hydroxylation sites is 1. The second kappa shape index (κ2) is 9.07. The van der Waals surface area contributed by atoms with Gasteiger partial charge in [0.05, 0.1) is 25.2 Å². The third kappa shape index (κ3) is 5.22. The molecule has 0 aliphatic carbocycles. The highest BCUT2D eigenvalue weighted by molar-refractivity contribution is 5.94. The van der Waals surface area contributed by atoms with Crippen molar-refractivity contribution in [2.75, 3.05) is 11.9 Å². The summed E-state index contributed by atoms with van der Waals surface area (Å²) in [4.78, 5) is 28.3. The monoisotopic (exact) mass is 367 g/mol. The summed E-state index contributed by atoms with van der Waals surface area (Å²) >= 11 is 0. The predicted octanol–water partition coefficient (Wildman–Crippen LogP) is 1.52. The maximum atomic E-state index is 12.3. The first kappa shape index (κ1) is 18.8. The van der Waals surface area contributed by atoms with Gasteiger partial charge in [0.1, 0.15) is 6.10 Å². The number of pyridine rings is 1. The molecule has 0 radical (unpaired) electrons. The molecule has 2 aromatic rings. The molecule has 0 unspecified atom stereocenters. The van der Waals surface area contributed by atoms with Gasteiger partial charge < -0.3 is 20.5 Å². The molecule has 1 aromatic carbocycles. The number of hydrogen-bond donors (Lipinski definition) is 3. The normalized spacial score (nSPS) is 21.4. The quantitative estimate of drug-likeness (QED) is 0.672. The minimum Gasteiger partial charge on any atom is -0.394 e. The first-order valence-electron chi connectivity index (χ1n) is 8.66. The number of amides is 2. The zero-order valence-electron chi connectivity index (χ0n) is 14.6. The Labute approximate surface area is 157 Å². The molecule has 0 saturated carbocycles. The van der Waals surface area contributed by atoms with Crippen molar-refractivity contribution >= 4 is 17.5 Å². The lowest BCUT2D eigenvalue weighted by Gasteiger charge is -2.31. The van der Waals surface area contributed by atoms with Gasteiger partial charge in [0.25, 0.3) is 5.91 Å². The number of hydrogen-bond acceptors (Lipinski definition) is 5. The Morgan fingerprint density at radius 2 is 1.81 bits per heavy atom. The van der Waals surface area contributed by atoms with Crippen molar-refractivity contribution < 1.29 is 19.4 Å². The number of carbonyl (C=O) groups is 2. The highest BCUT2D eigenvalue weighted by Crippen LogP contribution is 2.17. The molecule has 3 atom stereocenters. The Morgan fingerprint density at radius 3 is 2.52 bits per heavy atom. The van der Waals surface area contributed by atoms with Gasteiger partial charge in [0.15, 0.2) is 0 Å². The Balaban J connectivity index is 1.57. The molecule has 2 heterocycles. The standard InChI is InChI=1S/C20H21N3O4/c24-13-18-17(23-20(26)14-8-10-21-11-9-14)7-6-16(27-18)12-19(25)22-15-4-2-1-3-5-15/h1-11,16-18,24H,12-13H2,(H,22,25)(H,23,26)/t16-,17-,18-/m1/s1. The lowest BCUT2D eigenvalue weighted by atomic mass is 10.0. The summed E-state index contributed by atoms with van der Waals surface area (Å²) in [5.41, 5.74) is 1.18. The van der Waals surface area contributed by atoms with E-state index in [-0.39, 0.29) is 24.8 Å². The van der Waals surface area contributed by atoms with Gasteiger partial charge in [-0.2, -0.15) is 0 Å². The fourth-order valence-corrected chi connectivity index (χ4v) is 2.79. The van der Waals surface area contributed by atoms with E-state index in [0.29, 0.717) is 11.3 Å². The van der Waals surface area contributed by atoms with Gasteiger partial charge in [-0.1, -0.05) is 30.4 Å². The predicted molar refractivity (Wildman–Crippen MR) is 100 cm³/mol. The zero-order valence-corrected chi connectivity index (χ0v) is 14.6. The highest BCUT2D eigenvalue weighted by atomic mass is 16.5. The van der Waals surface area contributed by atoms with Gasteiger partial charge in [0, 0.05) is 23.6 Å². The van der Waals surface area contributed by atoms with E-state index < -0.39 is 18.2 Å². The molecule has 1 aromatic heterocycles. The Kier molecular flexibility index (Phi) is 6.30. The van der Waals surface area contributed by atoms with E-state index in [1.165, 1.54) is 12.4 Å². The van der Waals surface area contributed by atoms with Crippen LogP contribution in [0.15, 0.2) is 67.0 Å². The van der Waals surface area contributed by atoms with Gasteiger partial charge in [-0.3, -0.25) is 14.6 Å². The number of benzene rings is 1. The van der Waals surface area contributed by atoms with Crippen LogP contribution in [0.2, 0.25) is 0 Å². The summed E-state index contributed by atoms with van der Waals surface area (Å²) < 4.78 is 5.77. The van der Waals surface area contributed by atoms with E-state index in [9.17, 15) is 14.7 Å². The molecule has 0 saturated heterocycles. The van der Waals surface area contributed by atoms with Crippen molar-refractivity contribution in [1.29, 1.82) is 0 Å². The van der Waals surface area contributed by atoms with Crippen LogP contribution in [0.3, 0.4) is 0 Å². The Bertz CT molecular complexity index is 795. The number of carbonyl (C=O) groups excluding carboxylic acids is 2. The molecule has 140 valence electrons. The van der Waals surface area contributed by atoms with Crippen LogP contribution in [0.5, 0.6) is 0 Å². The first-order valence-corrected chi connectivity index (χ1v) is 8.66. The van der Waals surface area contributed by atoms with Crippen molar-refractivity contribution in [3.05, 3.63) is 72.6 Å². The van der Waals surface area contributed by atoms with Gasteiger partial charge in [0.2, 0.25) is 5.91 Å². The van der Waals surface area contributed by atoms with Crippen LogP contribution in [-0.4, -0.2) is 46.8 Å². The lowest BCUT2D eigenvalue weighted by molar-refractivity contribution is -0.120. The third-order valence-electron chi connectivity index (χ3n) is 4.15. The lowest BCUT2D eigenvalue weighted by Crippen LogP contribution is -2.48. The molecule has 7 nitrogen and oxygen atoms in total. The van der Waals surface area contributed by atoms with Crippen molar-refractivity contribution in [2.45, 2.75) is 24.7 Å². The Morgan fingerprint density at radius 1 is 1.07 bits per heavy atom. The molecular weight excluding hydrogens is 346 g/mol. The average molecular weight is 367 g/mol. The van der Waals surface area contributed by atoms with Gasteiger partial charge >= 0.3 is 0 Å². The summed E-state index contributed by atoms with van der Waals surface area (Å²) in [5, 5.41) is 15.2. The maximum Gasteiger partial charge on any atom is 0.251 e. The average Bonchev–Trinajstić information content (AvgIpc) is 2.70. The number of ether oxygens (including phenoxy) is 1. The van der Waals surface area contributed by atoms with Gasteiger partial charge in [-0.15, -0.1) is 0 Å². The number of rotatable bonds is 6. The summed E-state index contributed by atoms with van der Waals surface area (Å²) in [6.45, 7) is -0.275. The van der Waals surface area contributed by atoms with E-state index in [1.807, 2.05) is 18.2 Å². The van der Waals surface area contributed by atoms with Crippen LogP contribution in [-0.2, 0) is 9.53 Å². The van der Waals surface area contributed by atoms with Crippen molar-refractivity contribution in [3.8, 4) is 0 Å². The number of nitrogens with zero attached hydrogens (tertiary/aromatic N) is 1. The molecule has 3 N–H and O–H groups in total. The number of aliphatic hydroxyl groups is 1. The van der Waals surface area contributed by atoms with E-state index in [0.717, 1.165) is 0 Å². The molecule has 3 rings (SSSR count). The zero-order chi connectivity index (χ0) is 19.1. The minimum absolute atomic E-state index is 0.118. The first-order chi connectivity index (χ1) is 13.2. The molecule has 0 fully saturated rings. The molecule has 7 heteroatoms. The smallest absolute Gasteiger partial charge is 0.251 e. The molecule has 0 spiro atoms. The van der Waals surface area contributed by atoms with Crippen LogP contribution in [0.1, 0.15) is 16.8 Å². The number of nitrogens with one attached hydrogen (secondary N) is 2. The molecule has 1 aliphatic rings. The van der Waals surface area contributed by atoms with E-state index in [4.69, 9.17) is 4.74 Å². The minimum atomic E-state index is -0.629. The highest BCUT2D eigenvalue weighted by Gasteiger charge is 2.29. The fourth-order valence-electron chi connectivity index (χ4n) is 2.79. The number of aliphatic hydroxyl groups excluding tert-OH is 1. The van der Waals surface area contributed by atoms with Crippen LogP contribution >= 0.6 is 0 Å². The summed E-state index contributed by atoms with van der Waals surface area (Å²) in [6.07, 6.45) is 5.57. The van der Waals surface area contributed by atoms with E-state index in [2.05, 4.69) is 15.6 Å². The SMILES string of the molecule is O=C(C[C@H]1C=C[C@@H](NC(=O)c2ccncc2)[C@@H](CO)O1)Nc1ccccc1. The van der Waals surface area contributed by atoms with Crippen LogP contribution in [0.25, 0.3) is 0 Å². The van der Waals surface area contributed by atoms with Crippen molar-refractivity contribution in [3.63, 3.8) is 0 Å². The van der Waals surface area contributed by atoms with E-state index >= 15 is 0 Å².